The van der Waals surface area contributed by atoms with E-state index in [2.05, 4.69) is 35.8 Å². The standard InChI is InChI=1S/C16H18FN5S/c1-16(2,3)14-12(22-9-19-8-20-22)13(23-15(18)21-14)10-4-6-11(17)7-5-10/h4-9,15H,18H2,1-3H3. The molecule has 23 heavy (non-hydrogen) atoms. The average molecular weight is 331 g/mol. The van der Waals surface area contributed by atoms with Gasteiger partial charge in [-0.05, 0) is 17.7 Å². The van der Waals surface area contributed by atoms with E-state index in [0.717, 1.165) is 21.9 Å². The normalized spacial score (nSPS) is 19.0. The van der Waals surface area contributed by atoms with Crippen molar-refractivity contribution in [3.8, 4) is 0 Å². The second-order valence-electron chi connectivity index (χ2n) is 6.26. The second-order valence-corrected chi connectivity index (χ2v) is 7.39. The number of thioether (sulfide) groups is 1. The molecular formula is C16H18FN5S. The molecule has 1 atom stereocenters. The van der Waals surface area contributed by atoms with Gasteiger partial charge >= 0.3 is 0 Å². The number of nitrogens with zero attached hydrogens (tertiary/aromatic N) is 4. The molecule has 0 aliphatic carbocycles. The van der Waals surface area contributed by atoms with Crippen LogP contribution in [0.1, 0.15) is 26.3 Å². The minimum atomic E-state index is -0.406. The quantitative estimate of drug-likeness (QED) is 0.917. The van der Waals surface area contributed by atoms with Gasteiger partial charge in [0, 0.05) is 10.3 Å². The maximum absolute atomic E-state index is 13.3. The molecule has 0 radical (unpaired) electrons. The third kappa shape index (κ3) is 3.20. The highest BCUT2D eigenvalue weighted by Gasteiger charge is 2.32. The zero-order chi connectivity index (χ0) is 16.6. The lowest BCUT2D eigenvalue weighted by Gasteiger charge is -2.30. The lowest BCUT2D eigenvalue weighted by atomic mass is 9.87. The van der Waals surface area contributed by atoms with Crippen molar-refractivity contribution in [3.63, 3.8) is 0 Å². The van der Waals surface area contributed by atoms with Crippen molar-refractivity contribution < 1.29 is 4.39 Å². The molecule has 120 valence electrons. The highest BCUT2D eigenvalue weighted by molar-refractivity contribution is 8.09. The van der Waals surface area contributed by atoms with Crippen molar-refractivity contribution in [2.45, 2.75) is 26.3 Å². The number of aliphatic imine (C=N–C) groups is 1. The molecule has 0 amide bonds. The van der Waals surface area contributed by atoms with Gasteiger partial charge in [0.15, 0.2) is 0 Å². The molecule has 3 rings (SSSR count). The monoisotopic (exact) mass is 331 g/mol. The van der Waals surface area contributed by atoms with E-state index in [4.69, 9.17) is 5.73 Å². The fourth-order valence-electron chi connectivity index (χ4n) is 2.39. The Balaban J connectivity index is 2.24. The smallest absolute Gasteiger partial charge is 0.149 e. The molecule has 1 aromatic carbocycles. The Morgan fingerprint density at radius 2 is 1.91 bits per heavy atom. The van der Waals surface area contributed by atoms with Crippen LogP contribution in [0.5, 0.6) is 0 Å². The van der Waals surface area contributed by atoms with Crippen molar-refractivity contribution in [2.75, 3.05) is 0 Å². The Morgan fingerprint density at radius 3 is 2.48 bits per heavy atom. The Bertz CT molecular complexity index is 757. The van der Waals surface area contributed by atoms with Gasteiger partial charge in [-0.3, -0.25) is 4.99 Å². The fraction of sp³-hybridized carbons (Fsp3) is 0.312. The summed E-state index contributed by atoms with van der Waals surface area (Å²) in [6.07, 6.45) is 3.12. The highest BCUT2D eigenvalue weighted by Crippen LogP contribution is 2.42. The van der Waals surface area contributed by atoms with Crippen LogP contribution >= 0.6 is 11.8 Å². The van der Waals surface area contributed by atoms with Gasteiger partial charge in [0.2, 0.25) is 0 Å². The first-order valence-electron chi connectivity index (χ1n) is 7.22. The van der Waals surface area contributed by atoms with Crippen molar-refractivity contribution in [1.82, 2.24) is 14.8 Å². The van der Waals surface area contributed by atoms with E-state index < -0.39 is 5.50 Å². The Hall–Kier alpha value is -1.99. The zero-order valence-corrected chi connectivity index (χ0v) is 14.0. The van der Waals surface area contributed by atoms with Gasteiger partial charge in [-0.15, -0.1) is 0 Å². The molecule has 2 heterocycles. The van der Waals surface area contributed by atoms with Crippen molar-refractivity contribution in [3.05, 3.63) is 48.3 Å². The van der Waals surface area contributed by atoms with E-state index in [-0.39, 0.29) is 11.2 Å². The number of allylic oxidation sites excluding steroid dienone is 1. The lowest BCUT2D eigenvalue weighted by molar-refractivity contribution is 0.588. The van der Waals surface area contributed by atoms with Crippen LogP contribution in [0.25, 0.3) is 10.6 Å². The van der Waals surface area contributed by atoms with Crippen LogP contribution in [0.2, 0.25) is 0 Å². The molecule has 1 aromatic heterocycles. The summed E-state index contributed by atoms with van der Waals surface area (Å²) >= 11 is 1.43. The number of benzene rings is 1. The van der Waals surface area contributed by atoms with Gasteiger partial charge in [0.1, 0.15) is 29.7 Å². The molecular weight excluding hydrogens is 313 g/mol. The van der Waals surface area contributed by atoms with Crippen molar-refractivity contribution in [1.29, 1.82) is 0 Å². The third-order valence-corrected chi connectivity index (χ3v) is 4.41. The van der Waals surface area contributed by atoms with Gasteiger partial charge in [-0.1, -0.05) is 44.7 Å². The summed E-state index contributed by atoms with van der Waals surface area (Å²) in [7, 11) is 0. The van der Waals surface area contributed by atoms with E-state index in [0.29, 0.717) is 0 Å². The molecule has 0 saturated carbocycles. The number of nitrogens with two attached hydrogens (primary N) is 1. The predicted octanol–water partition coefficient (Wildman–Crippen LogP) is 3.22. The summed E-state index contributed by atoms with van der Waals surface area (Å²) in [6, 6.07) is 6.37. The minimum Gasteiger partial charge on any atom is -0.301 e. The summed E-state index contributed by atoms with van der Waals surface area (Å²) in [5, 5.41) is 4.26. The molecule has 0 saturated heterocycles. The van der Waals surface area contributed by atoms with Crippen LogP contribution < -0.4 is 5.73 Å². The van der Waals surface area contributed by atoms with Crippen LogP contribution in [0, 0.1) is 11.2 Å². The minimum absolute atomic E-state index is 0.217. The number of hydrogen-bond acceptors (Lipinski definition) is 5. The Kier molecular flexibility index (Phi) is 4.08. The van der Waals surface area contributed by atoms with Gasteiger partial charge < -0.3 is 5.73 Å². The first-order chi connectivity index (χ1) is 10.9. The van der Waals surface area contributed by atoms with Gasteiger partial charge in [-0.25, -0.2) is 14.1 Å². The maximum Gasteiger partial charge on any atom is 0.149 e. The molecule has 0 bridgehead atoms. The number of hydrogen-bond donors (Lipinski definition) is 1. The Labute approximate surface area is 138 Å². The predicted molar refractivity (Wildman–Crippen MR) is 92.0 cm³/mol. The molecule has 0 spiro atoms. The SMILES string of the molecule is CC(C)(C)C1=NC(N)SC(c2ccc(F)cc2)=C1n1cncn1. The van der Waals surface area contributed by atoms with Crippen molar-refractivity contribution in [2.24, 2.45) is 16.1 Å². The maximum atomic E-state index is 13.3. The second kappa shape index (κ2) is 5.90. The van der Waals surface area contributed by atoms with E-state index >= 15 is 0 Å². The summed E-state index contributed by atoms with van der Waals surface area (Å²) in [6.45, 7) is 6.23. The summed E-state index contributed by atoms with van der Waals surface area (Å²) < 4.78 is 15.0. The van der Waals surface area contributed by atoms with Crippen LogP contribution in [0.4, 0.5) is 4.39 Å². The van der Waals surface area contributed by atoms with Gasteiger partial charge in [0.05, 0.1) is 5.71 Å². The van der Waals surface area contributed by atoms with Gasteiger partial charge in [-0.2, -0.15) is 5.10 Å². The third-order valence-electron chi connectivity index (χ3n) is 3.40. The molecule has 1 aliphatic heterocycles. The highest BCUT2D eigenvalue weighted by atomic mass is 32.2. The fourth-order valence-corrected chi connectivity index (χ4v) is 3.36. The first kappa shape index (κ1) is 15.9. The van der Waals surface area contributed by atoms with Crippen molar-refractivity contribution >= 4 is 28.1 Å². The summed E-state index contributed by atoms with van der Waals surface area (Å²) in [5.74, 6) is -0.272. The molecule has 5 nitrogen and oxygen atoms in total. The molecule has 1 aliphatic rings. The first-order valence-corrected chi connectivity index (χ1v) is 8.10. The number of aromatic nitrogens is 3. The van der Waals surface area contributed by atoms with E-state index in [1.165, 1.54) is 30.2 Å². The largest absolute Gasteiger partial charge is 0.301 e. The zero-order valence-electron chi connectivity index (χ0n) is 13.2. The molecule has 2 N–H and O–H groups in total. The van der Waals surface area contributed by atoms with E-state index in [1.807, 2.05) is 0 Å². The molecule has 0 fully saturated rings. The van der Waals surface area contributed by atoms with Crippen LogP contribution in [0.15, 0.2) is 41.9 Å². The Morgan fingerprint density at radius 1 is 1.22 bits per heavy atom. The topological polar surface area (TPSA) is 69.1 Å². The lowest BCUT2D eigenvalue weighted by Crippen LogP contribution is -2.31. The van der Waals surface area contributed by atoms with Gasteiger partial charge in [0.25, 0.3) is 0 Å². The van der Waals surface area contributed by atoms with E-state index in [9.17, 15) is 4.39 Å². The molecule has 2 aromatic rings. The molecule has 7 heteroatoms. The van der Waals surface area contributed by atoms with Crippen LogP contribution in [-0.4, -0.2) is 26.0 Å². The number of halogens is 1. The van der Waals surface area contributed by atoms with E-state index in [1.54, 1.807) is 23.1 Å². The van der Waals surface area contributed by atoms with Crippen LogP contribution in [-0.2, 0) is 0 Å². The van der Waals surface area contributed by atoms with Crippen LogP contribution in [0.3, 0.4) is 0 Å². The average Bonchev–Trinajstić information content (AvgIpc) is 3.00. The summed E-state index contributed by atoms with van der Waals surface area (Å²) in [4.78, 5) is 9.58. The summed E-state index contributed by atoms with van der Waals surface area (Å²) in [5.41, 5.74) is 8.07. The molecule has 1 unspecified atom stereocenters. The number of rotatable bonds is 2.